The van der Waals surface area contributed by atoms with Gasteiger partial charge < -0.3 is 4.57 Å². The summed E-state index contributed by atoms with van der Waals surface area (Å²) in [5, 5.41) is 8.88. The van der Waals surface area contributed by atoms with Crippen LogP contribution in [0.3, 0.4) is 0 Å². The Hall–Kier alpha value is -3.85. The van der Waals surface area contributed by atoms with Crippen LogP contribution in [-0.2, 0) is 14.1 Å². The number of imidazole rings is 1. The van der Waals surface area contributed by atoms with Crippen molar-refractivity contribution in [3.8, 4) is 22.0 Å². The molecule has 0 radical (unpaired) electrons. The van der Waals surface area contributed by atoms with Gasteiger partial charge in [0, 0.05) is 43.7 Å². The smallest absolute Gasteiger partial charge is 0.258 e. The van der Waals surface area contributed by atoms with Crippen LogP contribution in [0.25, 0.3) is 33.0 Å². The van der Waals surface area contributed by atoms with Crippen molar-refractivity contribution in [2.45, 2.75) is 25.7 Å². The fraction of sp³-hybridized carbons (Fsp3) is 0.240. The molecule has 0 aliphatic heterocycles. The summed E-state index contributed by atoms with van der Waals surface area (Å²) >= 11 is 1.42. The molecule has 1 aromatic carbocycles. The standard InChI is InChI=1S/C25H23N7OS/c1-14-19-17(13-18(15-9-10-15)27-22(19)32(3)30-14)24(33)29-25-28-20(16-7-5-4-6-8-16)21(34-25)23-26-11-12-31(23)2/h4-8,11-13,15H,9-10H2,1-3H3,(H,28,29,33). The zero-order valence-electron chi connectivity index (χ0n) is 19.1. The topological polar surface area (TPSA) is 90.5 Å². The molecule has 4 aromatic heterocycles. The van der Waals surface area contributed by atoms with Crippen molar-refractivity contribution in [1.82, 2.24) is 29.3 Å². The Bertz CT molecular complexity index is 1540. The van der Waals surface area contributed by atoms with Gasteiger partial charge in [-0.15, -0.1) is 0 Å². The third-order valence-corrected chi connectivity index (χ3v) is 7.11. The number of thiazole rings is 1. The highest BCUT2D eigenvalue weighted by molar-refractivity contribution is 7.19. The van der Waals surface area contributed by atoms with E-state index in [1.807, 2.05) is 68.2 Å². The Morgan fingerprint density at radius 2 is 1.94 bits per heavy atom. The van der Waals surface area contributed by atoms with Crippen LogP contribution in [0.1, 0.15) is 40.5 Å². The largest absolute Gasteiger partial charge is 0.333 e. The minimum atomic E-state index is -0.204. The molecule has 0 bridgehead atoms. The van der Waals surface area contributed by atoms with Gasteiger partial charge in [0.05, 0.1) is 27.2 Å². The molecule has 170 valence electrons. The molecule has 0 atom stereocenters. The van der Waals surface area contributed by atoms with E-state index in [0.717, 1.165) is 57.2 Å². The van der Waals surface area contributed by atoms with Crippen molar-refractivity contribution >= 4 is 33.4 Å². The molecular formula is C25H23N7OS. The van der Waals surface area contributed by atoms with E-state index in [1.165, 1.54) is 11.3 Å². The zero-order chi connectivity index (χ0) is 23.4. The summed E-state index contributed by atoms with van der Waals surface area (Å²) in [6, 6.07) is 11.9. The summed E-state index contributed by atoms with van der Waals surface area (Å²) in [5.41, 5.74) is 4.85. The Balaban J connectivity index is 1.43. The van der Waals surface area contributed by atoms with Crippen molar-refractivity contribution in [1.29, 1.82) is 0 Å². The number of anilines is 1. The Labute approximate surface area is 200 Å². The van der Waals surface area contributed by atoms with Crippen LogP contribution in [0, 0.1) is 6.92 Å². The van der Waals surface area contributed by atoms with E-state index in [2.05, 4.69) is 15.4 Å². The van der Waals surface area contributed by atoms with Crippen molar-refractivity contribution in [3.63, 3.8) is 0 Å². The first-order valence-corrected chi connectivity index (χ1v) is 12.0. The molecule has 1 fully saturated rings. The number of carbonyl (C=O) groups is 1. The fourth-order valence-electron chi connectivity index (χ4n) is 4.30. The number of benzene rings is 1. The third kappa shape index (κ3) is 3.49. The van der Waals surface area contributed by atoms with E-state index in [1.54, 1.807) is 10.9 Å². The molecule has 4 heterocycles. The molecule has 9 heteroatoms. The van der Waals surface area contributed by atoms with Gasteiger partial charge in [-0.1, -0.05) is 41.7 Å². The second kappa shape index (κ2) is 7.88. The van der Waals surface area contributed by atoms with E-state index in [0.29, 0.717) is 16.6 Å². The first-order chi connectivity index (χ1) is 16.5. The maximum atomic E-state index is 13.6. The minimum absolute atomic E-state index is 0.204. The van der Waals surface area contributed by atoms with E-state index >= 15 is 0 Å². The summed E-state index contributed by atoms with van der Waals surface area (Å²) in [6.07, 6.45) is 5.88. The van der Waals surface area contributed by atoms with Gasteiger partial charge in [-0.25, -0.2) is 15.0 Å². The minimum Gasteiger partial charge on any atom is -0.333 e. The number of carbonyl (C=O) groups excluding carboxylic acids is 1. The van der Waals surface area contributed by atoms with Gasteiger partial charge in [0.2, 0.25) is 0 Å². The molecule has 0 saturated heterocycles. The Kier molecular flexibility index (Phi) is 4.80. The van der Waals surface area contributed by atoms with Gasteiger partial charge in [0.15, 0.2) is 16.6 Å². The number of aryl methyl sites for hydroxylation is 3. The maximum Gasteiger partial charge on any atom is 0.258 e. The number of aromatic nitrogens is 6. The SMILES string of the molecule is Cc1nn(C)c2nc(C3CC3)cc(C(=O)Nc3nc(-c4ccccc4)c(-c4nccn4C)s3)c12. The van der Waals surface area contributed by atoms with E-state index in [9.17, 15) is 4.79 Å². The molecule has 0 unspecified atom stereocenters. The van der Waals surface area contributed by atoms with Gasteiger partial charge >= 0.3 is 0 Å². The van der Waals surface area contributed by atoms with E-state index < -0.39 is 0 Å². The lowest BCUT2D eigenvalue weighted by molar-refractivity contribution is 0.102. The molecule has 0 spiro atoms. The lowest BCUT2D eigenvalue weighted by atomic mass is 10.1. The fourth-order valence-corrected chi connectivity index (χ4v) is 5.32. The molecular weight excluding hydrogens is 446 g/mol. The quantitative estimate of drug-likeness (QED) is 0.394. The molecule has 6 rings (SSSR count). The predicted molar refractivity (Wildman–Crippen MR) is 133 cm³/mol. The number of nitrogens with zero attached hydrogens (tertiary/aromatic N) is 6. The number of amides is 1. The second-order valence-electron chi connectivity index (χ2n) is 8.66. The van der Waals surface area contributed by atoms with Crippen LogP contribution in [-0.4, -0.2) is 35.2 Å². The van der Waals surface area contributed by atoms with Crippen LogP contribution in [0.5, 0.6) is 0 Å². The maximum absolute atomic E-state index is 13.6. The number of pyridine rings is 1. The summed E-state index contributed by atoms with van der Waals surface area (Å²) in [4.78, 5) is 28.6. The Morgan fingerprint density at radius 3 is 2.65 bits per heavy atom. The summed E-state index contributed by atoms with van der Waals surface area (Å²) in [5.74, 6) is 1.03. The molecule has 5 aromatic rings. The number of nitrogens with one attached hydrogen (secondary N) is 1. The summed E-state index contributed by atoms with van der Waals surface area (Å²) in [6.45, 7) is 1.91. The van der Waals surface area contributed by atoms with Gasteiger partial charge in [-0.2, -0.15) is 5.10 Å². The first-order valence-electron chi connectivity index (χ1n) is 11.2. The molecule has 34 heavy (non-hydrogen) atoms. The van der Waals surface area contributed by atoms with Crippen molar-refractivity contribution < 1.29 is 4.79 Å². The van der Waals surface area contributed by atoms with Crippen LogP contribution < -0.4 is 5.32 Å². The lowest BCUT2D eigenvalue weighted by Crippen LogP contribution is -2.13. The summed E-state index contributed by atoms with van der Waals surface area (Å²) < 4.78 is 3.71. The van der Waals surface area contributed by atoms with Crippen LogP contribution in [0.4, 0.5) is 5.13 Å². The molecule has 1 amide bonds. The van der Waals surface area contributed by atoms with Crippen molar-refractivity contribution in [2.75, 3.05) is 5.32 Å². The van der Waals surface area contributed by atoms with Crippen molar-refractivity contribution in [3.05, 3.63) is 65.7 Å². The highest BCUT2D eigenvalue weighted by Crippen LogP contribution is 2.41. The number of rotatable bonds is 5. The van der Waals surface area contributed by atoms with Crippen LogP contribution in [0.2, 0.25) is 0 Å². The second-order valence-corrected chi connectivity index (χ2v) is 9.65. The van der Waals surface area contributed by atoms with Gasteiger partial charge in [-0.3, -0.25) is 14.8 Å². The molecule has 1 N–H and O–H groups in total. The molecule has 1 aliphatic rings. The average molecular weight is 470 g/mol. The van der Waals surface area contributed by atoms with Crippen LogP contribution in [0.15, 0.2) is 48.8 Å². The molecule has 1 aliphatic carbocycles. The van der Waals surface area contributed by atoms with Crippen LogP contribution >= 0.6 is 11.3 Å². The summed E-state index contributed by atoms with van der Waals surface area (Å²) in [7, 11) is 3.82. The van der Waals surface area contributed by atoms with Gasteiger partial charge in [0.1, 0.15) is 0 Å². The highest BCUT2D eigenvalue weighted by Gasteiger charge is 2.29. The molecule has 1 saturated carbocycles. The monoisotopic (exact) mass is 469 g/mol. The third-order valence-electron chi connectivity index (χ3n) is 6.15. The van der Waals surface area contributed by atoms with Gasteiger partial charge in [0.25, 0.3) is 5.91 Å². The first kappa shape index (κ1) is 20.7. The van der Waals surface area contributed by atoms with Crippen molar-refractivity contribution in [2.24, 2.45) is 14.1 Å². The lowest BCUT2D eigenvalue weighted by Gasteiger charge is -2.07. The predicted octanol–water partition coefficient (Wildman–Crippen LogP) is 4.93. The highest BCUT2D eigenvalue weighted by atomic mass is 32.1. The average Bonchev–Trinajstić information content (AvgIpc) is 3.38. The Morgan fingerprint density at radius 1 is 1.15 bits per heavy atom. The number of hydrogen-bond donors (Lipinski definition) is 1. The van der Waals surface area contributed by atoms with E-state index in [-0.39, 0.29) is 5.91 Å². The number of hydrogen-bond acceptors (Lipinski definition) is 6. The normalized spacial score (nSPS) is 13.5. The zero-order valence-corrected chi connectivity index (χ0v) is 19.9. The number of fused-ring (bicyclic) bond motifs is 1. The molecule has 8 nitrogen and oxygen atoms in total. The van der Waals surface area contributed by atoms with E-state index in [4.69, 9.17) is 9.97 Å². The van der Waals surface area contributed by atoms with Gasteiger partial charge in [-0.05, 0) is 25.8 Å².